The number of hydrogen-bond acceptors (Lipinski definition) is 3. The summed E-state index contributed by atoms with van der Waals surface area (Å²) in [5.41, 5.74) is 10.0. The van der Waals surface area contributed by atoms with Gasteiger partial charge in [-0.3, -0.25) is 4.79 Å². The van der Waals surface area contributed by atoms with Crippen molar-refractivity contribution >= 4 is 23.3 Å². The number of hydrogen-bond donors (Lipinski definition) is 0. The second-order valence-corrected chi connectivity index (χ2v) is 4.37. The summed E-state index contributed by atoms with van der Waals surface area (Å²) >= 11 is 0. The molecule has 0 saturated heterocycles. The van der Waals surface area contributed by atoms with Gasteiger partial charge in [-0.1, -0.05) is 55.4 Å². The van der Waals surface area contributed by atoms with Crippen LogP contribution in [0.2, 0.25) is 0 Å². The number of Topliss-reactive ketones (excluding diaryl/α,β-unsaturated/α-hetero) is 1. The molecular formula is C15H17N3O2. The van der Waals surface area contributed by atoms with Crippen LogP contribution in [0.25, 0.3) is 11.6 Å². The fraction of sp³-hybridized carbons (Fsp3) is 0.267. The SMILES string of the molecule is CON=C(/C=C/c1ccccc1)C(=[N+]=[N-])C(=O)C(C)C. The van der Waals surface area contributed by atoms with E-state index in [4.69, 9.17) is 10.4 Å². The lowest BCUT2D eigenvalue weighted by atomic mass is 10.0. The highest BCUT2D eigenvalue weighted by Gasteiger charge is 2.28. The van der Waals surface area contributed by atoms with Crippen LogP contribution >= 0.6 is 0 Å². The molecule has 0 radical (unpaired) electrons. The number of carbonyl (C=O) groups is 1. The van der Waals surface area contributed by atoms with E-state index in [1.807, 2.05) is 30.3 Å². The van der Waals surface area contributed by atoms with Gasteiger partial charge in [0.25, 0.3) is 0 Å². The van der Waals surface area contributed by atoms with Crippen LogP contribution in [-0.4, -0.2) is 29.1 Å². The molecule has 0 amide bonds. The molecule has 0 atom stereocenters. The second kappa shape index (κ2) is 7.81. The number of carbonyl (C=O) groups excluding carboxylic acids is 1. The summed E-state index contributed by atoms with van der Waals surface area (Å²) in [6.07, 6.45) is 3.34. The number of allylic oxidation sites excluding steroid dienone is 1. The van der Waals surface area contributed by atoms with Crippen molar-refractivity contribution in [3.8, 4) is 0 Å². The summed E-state index contributed by atoms with van der Waals surface area (Å²) in [5.74, 6) is -0.603. The van der Waals surface area contributed by atoms with E-state index in [0.29, 0.717) is 0 Å². The summed E-state index contributed by atoms with van der Waals surface area (Å²) in [5, 5.41) is 3.73. The van der Waals surface area contributed by atoms with Gasteiger partial charge in [-0.25, -0.2) is 0 Å². The summed E-state index contributed by atoms with van der Waals surface area (Å²) in [4.78, 5) is 19.7. The van der Waals surface area contributed by atoms with Crippen molar-refractivity contribution in [2.75, 3.05) is 7.11 Å². The third kappa shape index (κ3) is 4.30. The van der Waals surface area contributed by atoms with Crippen LogP contribution in [0.15, 0.2) is 41.6 Å². The number of rotatable bonds is 6. The molecule has 1 aromatic carbocycles. The average Bonchev–Trinajstić information content (AvgIpc) is 2.46. The zero-order chi connectivity index (χ0) is 15.0. The number of nitrogens with zero attached hydrogens (tertiary/aromatic N) is 3. The molecule has 0 saturated carbocycles. The van der Waals surface area contributed by atoms with Gasteiger partial charge in [0.1, 0.15) is 7.11 Å². The van der Waals surface area contributed by atoms with Crippen LogP contribution in [0.1, 0.15) is 19.4 Å². The van der Waals surface area contributed by atoms with Gasteiger partial charge in [0.05, 0.1) is 0 Å². The Hall–Kier alpha value is -2.52. The Balaban J connectivity index is 3.07. The summed E-state index contributed by atoms with van der Waals surface area (Å²) in [7, 11) is 1.37. The van der Waals surface area contributed by atoms with Crippen molar-refractivity contribution in [3.63, 3.8) is 0 Å². The van der Waals surface area contributed by atoms with E-state index in [1.165, 1.54) is 7.11 Å². The molecule has 0 aliphatic heterocycles. The zero-order valence-electron chi connectivity index (χ0n) is 11.8. The Morgan fingerprint density at radius 3 is 2.50 bits per heavy atom. The Bertz CT molecular complexity index is 568. The van der Waals surface area contributed by atoms with E-state index in [9.17, 15) is 4.79 Å². The minimum Gasteiger partial charge on any atom is -0.398 e. The van der Waals surface area contributed by atoms with Crippen molar-refractivity contribution in [1.82, 2.24) is 0 Å². The molecule has 0 fully saturated rings. The third-order valence-electron chi connectivity index (χ3n) is 2.52. The van der Waals surface area contributed by atoms with Gasteiger partial charge in [-0.15, -0.1) is 0 Å². The van der Waals surface area contributed by atoms with Crippen molar-refractivity contribution in [2.45, 2.75) is 13.8 Å². The molecule has 1 rings (SSSR count). The maximum atomic E-state index is 11.9. The molecule has 20 heavy (non-hydrogen) atoms. The van der Waals surface area contributed by atoms with Gasteiger partial charge < -0.3 is 10.4 Å². The molecule has 0 spiro atoms. The molecule has 0 N–H and O–H groups in total. The highest BCUT2D eigenvalue weighted by molar-refractivity contribution is 6.68. The molecule has 104 valence electrons. The molecule has 5 heteroatoms. The van der Waals surface area contributed by atoms with E-state index in [1.54, 1.807) is 26.0 Å². The Labute approximate surface area is 118 Å². The number of benzene rings is 1. The first kappa shape index (κ1) is 15.5. The number of ketones is 1. The van der Waals surface area contributed by atoms with Gasteiger partial charge in [-0.05, 0) is 11.6 Å². The summed E-state index contributed by atoms with van der Waals surface area (Å²) < 4.78 is 0. The lowest BCUT2D eigenvalue weighted by Gasteiger charge is -1.99. The van der Waals surface area contributed by atoms with Crippen LogP contribution in [0.3, 0.4) is 0 Å². The summed E-state index contributed by atoms with van der Waals surface area (Å²) in [6, 6.07) is 9.51. The molecule has 0 aliphatic rings. The fourth-order valence-electron chi connectivity index (χ4n) is 1.49. The minimum atomic E-state index is -0.305. The van der Waals surface area contributed by atoms with Crippen LogP contribution in [0.5, 0.6) is 0 Å². The van der Waals surface area contributed by atoms with Crippen LogP contribution in [0.4, 0.5) is 0 Å². The summed E-state index contributed by atoms with van der Waals surface area (Å²) in [6.45, 7) is 3.44. The monoisotopic (exact) mass is 271 g/mol. The predicted molar refractivity (Wildman–Crippen MR) is 78.4 cm³/mol. The molecule has 0 aromatic heterocycles. The predicted octanol–water partition coefficient (Wildman–Crippen LogP) is 2.60. The topological polar surface area (TPSA) is 75.1 Å². The second-order valence-electron chi connectivity index (χ2n) is 4.37. The molecule has 1 aromatic rings. The Morgan fingerprint density at radius 1 is 1.35 bits per heavy atom. The molecular weight excluding hydrogens is 254 g/mol. The van der Waals surface area contributed by atoms with Crippen molar-refractivity contribution < 1.29 is 14.4 Å². The van der Waals surface area contributed by atoms with Gasteiger partial charge in [0.2, 0.25) is 5.78 Å². The first-order valence-electron chi connectivity index (χ1n) is 6.21. The highest BCUT2D eigenvalue weighted by Crippen LogP contribution is 2.04. The molecule has 0 aliphatic carbocycles. The first-order chi connectivity index (χ1) is 9.60. The molecule has 0 unspecified atom stereocenters. The molecule has 5 nitrogen and oxygen atoms in total. The van der Waals surface area contributed by atoms with Gasteiger partial charge >= 0.3 is 5.71 Å². The van der Waals surface area contributed by atoms with Crippen LogP contribution in [-0.2, 0) is 9.63 Å². The van der Waals surface area contributed by atoms with Crippen LogP contribution < -0.4 is 0 Å². The average molecular weight is 271 g/mol. The van der Waals surface area contributed by atoms with Crippen molar-refractivity contribution in [2.24, 2.45) is 11.1 Å². The van der Waals surface area contributed by atoms with Crippen molar-refractivity contribution in [1.29, 1.82) is 0 Å². The van der Waals surface area contributed by atoms with Gasteiger partial charge in [-0.2, -0.15) is 4.79 Å². The Kier molecular flexibility index (Phi) is 6.07. The smallest absolute Gasteiger partial charge is 0.386 e. The van der Waals surface area contributed by atoms with E-state index in [0.717, 1.165) is 5.56 Å². The zero-order valence-corrected chi connectivity index (χ0v) is 11.8. The lowest BCUT2D eigenvalue weighted by Crippen LogP contribution is -2.28. The minimum absolute atomic E-state index is 0.117. The maximum absolute atomic E-state index is 11.9. The van der Waals surface area contributed by atoms with E-state index >= 15 is 0 Å². The third-order valence-corrected chi connectivity index (χ3v) is 2.52. The maximum Gasteiger partial charge on any atom is 0.386 e. The normalized spacial score (nSPS) is 11.5. The van der Waals surface area contributed by atoms with Gasteiger partial charge in [0.15, 0.2) is 5.71 Å². The van der Waals surface area contributed by atoms with Gasteiger partial charge in [0, 0.05) is 5.92 Å². The van der Waals surface area contributed by atoms with Crippen LogP contribution in [0, 0.1) is 5.92 Å². The lowest BCUT2D eigenvalue weighted by molar-refractivity contribution is -0.119. The van der Waals surface area contributed by atoms with E-state index in [2.05, 4.69) is 9.95 Å². The first-order valence-corrected chi connectivity index (χ1v) is 6.21. The number of oxime groups is 1. The van der Waals surface area contributed by atoms with E-state index < -0.39 is 0 Å². The largest absolute Gasteiger partial charge is 0.398 e. The molecule has 0 bridgehead atoms. The highest BCUT2D eigenvalue weighted by atomic mass is 16.6. The van der Waals surface area contributed by atoms with Crippen molar-refractivity contribution in [3.05, 3.63) is 47.5 Å². The standard InChI is InChI=1S/C15H17N3O2/c1-11(2)15(19)14(17-16)13(18-20-3)10-9-12-7-5-4-6-8-12/h4-11H,1-3H3/b10-9+,18-13?. The van der Waals surface area contributed by atoms with E-state index in [-0.39, 0.29) is 23.1 Å². The Morgan fingerprint density at radius 2 is 2.00 bits per heavy atom. The quantitative estimate of drug-likeness (QED) is 0.345. The molecule has 0 heterocycles. The fourth-order valence-corrected chi connectivity index (χ4v) is 1.49.